The van der Waals surface area contributed by atoms with Crippen molar-refractivity contribution in [3.05, 3.63) is 98.4 Å². The third kappa shape index (κ3) is 6.05. The molecule has 4 nitrogen and oxygen atoms in total. The lowest BCUT2D eigenvalue weighted by Gasteiger charge is -2.07. The molecule has 136 valence electrons. The van der Waals surface area contributed by atoms with Crippen molar-refractivity contribution in [1.82, 2.24) is 5.43 Å². The van der Waals surface area contributed by atoms with Crippen molar-refractivity contribution in [1.29, 1.82) is 0 Å². The summed E-state index contributed by atoms with van der Waals surface area (Å²) in [7, 11) is 0. The van der Waals surface area contributed by atoms with Crippen LogP contribution >= 0.6 is 31.9 Å². The van der Waals surface area contributed by atoms with E-state index in [1.54, 1.807) is 18.3 Å². The number of hydrogen-bond donors (Lipinski definition) is 1. The Hall–Kier alpha value is -2.44. The molecule has 0 bridgehead atoms. The number of hydrogen-bond acceptors (Lipinski definition) is 3. The van der Waals surface area contributed by atoms with Gasteiger partial charge in [-0.1, -0.05) is 56.1 Å². The fraction of sp³-hybridized carbons (Fsp3) is 0.0476. The number of amides is 1. The molecule has 3 aromatic carbocycles. The number of rotatable bonds is 6. The SMILES string of the molecule is O=C(N/N=C\c1cccc(OCc2cccc(Br)c2)c1)c1ccc(Br)cc1. The first kappa shape index (κ1) is 19.3. The van der Waals surface area contributed by atoms with E-state index in [0.29, 0.717) is 12.2 Å². The standard InChI is InChI=1S/C21H16Br2N2O2/c22-18-9-7-17(8-10-18)21(26)25-24-13-15-3-2-6-20(12-15)27-14-16-4-1-5-19(23)11-16/h1-13H,14H2,(H,25,26)/b24-13-. The predicted molar refractivity (Wildman–Crippen MR) is 114 cm³/mol. The first-order chi connectivity index (χ1) is 13.1. The lowest BCUT2D eigenvalue weighted by Crippen LogP contribution is -2.17. The topological polar surface area (TPSA) is 50.7 Å². The van der Waals surface area contributed by atoms with Gasteiger partial charge in [-0.2, -0.15) is 5.10 Å². The number of halogens is 2. The largest absolute Gasteiger partial charge is 0.489 e. The van der Waals surface area contributed by atoms with Crippen LogP contribution in [0.25, 0.3) is 0 Å². The number of carbonyl (C=O) groups excluding carboxylic acids is 1. The van der Waals surface area contributed by atoms with Gasteiger partial charge >= 0.3 is 0 Å². The summed E-state index contributed by atoms with van der Waals surface area (Å²) in [6.07, 6.45) is 1.59. The molecule has 0 aliphatic heterocycles. The van der Waals surface area contributed by atoms with Gasteiger partial charge in [0.05, 0.1) is 6.21 Å². The maximum atomic E-state index is 12.0. The van der Waals surface area contributed by atoms with Gasteiger partial charge in [0.15, 0.2) is 0 Å². The summed E-state index contributed by atoms with van der Waals surface area (Å²) in [6, 6.07) is 22.6. The van der Waals surface area contributed by atoms with Gasteiger partial charge in [-0.25, -0.2) is 5.43 Å². The Balaban J connectivity index is 1.57. The van der Waals surface area contributed by atoms with Crippen molar-refractivity contribution in [2.45, 2.75) is 6.61 Å². The Morgan fingerprint density at radius 2 is 1.74 bits per heavy atom. The molecule has 0 aliphatic carbocycles. The molecule has 1 amide bonds. The van der Waals surface area contributed by atoms with Crippen LogP contribution in [0.2, 0.25) is 0 Å². The van der Waals surface area contributed by atoms with E-state index >= 15 is 0 Å². The Morgan fingerprint density at radius 3 is 2.52 bits per heavy atom. The normalized spacial score (nSPS) is 10.7. The van der Waals surface area contributed by atoms with Crippen LogP contribution in [-0.2, 0) is 6.61 Å². The fourth-order valence-electron chi connectivity index (χ4n) is 2.31. The molecule has 0 aliphatic rings. The van der Waals surface area contributed by atoms with Gasteiger partial charge in [0.1, 0.15) is 12.4 Å². The summed E-state index contributed by atoms with van der Waals surface area (Å²) in [5.74, 6) is 0.471. The van der Waals surface area contributed by atoms with Gasteiger partial charge in [0.2, 0.25) is 0 Å². The van der Waals surface area contributed by atoms with E-state index in [2.05, 4.69) is 42.4 Å². The predicted octanol–water partition coefficient (Wildman–Crippen LogP) is 5.55. The molecule has 0 unspecified atom stereocenters. The molecule has 0 radical (unpaired) electrons. The summed E-state index contributed by atoms with van der Waals surface area (Å²) < 4.78 is 7.76. The van der Waals surface area contributed by atoms with Crippen LogP contribution in [0.4, 0.5) is 0 Å². The van der Waals surface area contributed by atoms with E-state index in [1.165, 1.54) is 0 Å². The fourth-order valence-corrected chi connectivity index (χ4v) is 3.02. The Kier molecular flexibility index (Phi) is 6.79. The highest BCUT2D eigenvalue weighted by molar-refractivity contribution is 9.10. The number of nitrogens with one attached hydrogen (secondary N) is 1. The highest BCUT2D eigenvalue weighted by Crippen LogP contribution is 2.16. The van der Waals surface area contributed by atoms with Crippen molar-refractivity contribution in [2.24, 2.45) is 5.10 Å². The van der Waals surface area contributed by atoms with Gasteiger partial charge < -0.3 is 4.74 Å². The van der Waals surface area contributed by atoms with Crippen LogP contribution < -0.4 is 10.2 Å². The summed E-state index contributed by atoms with van der Waals surface area (Å²) in [5.41, 5.74) is 4.97. The number of ether oxygens (including phenoxy) is 1. The van der Waals surface area contributed by atoms with E-state index < -0.39 is 0 Å². The lowest BCUT2D eigenvalue weighted by molar-refractivity contribution is 0.0955. The summed E-state index contributed by atoms with van der Waals surface area (Å²) in [4.78, 5) is 12.0. The molecule has 0 spiro atoms. The lowest BCUT2D eigenvalue weighted by atomic mass is 10.2. The minimum atomic E-state index is -0.263. The van der Waals surface area contributed by atoms with Crippen LogP contribution in [0.1, 0.15) is 21.5 Å². The number of hydrazone groups is 1. The first-order valence-electron chi connectivity index (χ1n) is 8.16. The van der Waals surface area contributed by atoms with Crippen LogP contribution in [0, 0.1) is 0 Å². The van der Waals surface area contributed by atoms with Crippen LogP contribution in [-0.4, -0.2) is 12.1 Å². The zero-order valence-corrected chi connectivity index (χ0v) is 17.4. The number of carbonyl (C=O) groups is 1. The third-order valence-corrected chi connectivity index (χ3v) is 4.66. The maximum absolute atomic E-state index is 12.0. The second-order valence-corrected chi connectivity index (χ2v) is 7.53. The van der Waals surface area contributed by atoms with Crippen LogP contribution in [0.3, 0.4) is 0 Å². The van der Waals surface area contributed by atoms with Crippen molar-refractivity contribution in [3.63, 3.8) is 0 Å². The third-order valence-electron chi connectivity index (χ3n) is 3.64. The van der Waals surface area contributed by atoms with E-state index in [1.807, 2.05) is 60.7 Å². The molecule has 6 heteroatoms. The molecule has 0 heterocycles. The highest BCUT2D eigenvalue weighted by atomic mass is 79.9. The molecule has 0 saturated carbocycles. The minimum Gasteiger partial charge on any atom is -0.489 e. The minimum absolute atomic E-state index is 0.263. The maximum Gasteiger partial charge on any atom is 0.271 e. The second kappa shape index (κ2) is 9.48. The molecule has 0 fully saturated rings. The van der Waals surface area contributed by atoms with Crippen LogP contribution in [0.15, 0.2) is 86.8 Å². The molecular formula is C21H16Br2N2O2. The van der Waals surface area contributed by atoms with Crippen LogP contribution in [0.5, 0.6) is 5.75 Å². The second-order valence-electron chi connectivity index (χ2n) is 5.70. The molecule has 3 rings (SSSR count). The van der Waals surface area contributed by atoms with Crippen molar-refractivity contribution >= 4 is 44.0 Å². The van der Waals surface area contributed by atoms with Gasteiger partial charge in [-0.15, -0.1) is 0 Å². The Morgan fingerprint density at radius 1 is 0.963 bits per heavy atom. The highest BCUT2D eigenvalue weighted by Gasteiger charge is 2.03. The van der Waals surface area contributed by atoms with Crippen molar-refractivity contribution < 1.29 is 9.53 Å². The molecule has 0 aromatic heterocycles. The van der Waals surface area contributed by atoms with Gasteiger partial charge in [-0.3, -0.25) is 4.79 Å². The molecule has 27 heavy (non-hydrogen) atoms. The van der Waals surface area contributed by atoms with E-state index in [-0.39, 0.29) is 5.91 Å². The monoisotopic (exact) mass is 486 g/mol. The van der Waals surface area contributed by atoms with Gasteiger partial charge in [-0.05, 0) is 59.7 Å². The average Bonchev–Trinajstić information content (AvgIpc) is 2.67. The van der Waals surface area contributed by atoms with Gasteiger partial charge in [0.25, 0.3) is 5.91 Å². The van der Waals surface area contributed by atoms with Gasteiger partial charge in [0, 0.05) is 14.5 Å². The molecule has 0 atom stereocenters. The smallest absolute Gasteiger partial charge is 0.271 e. The summed E-state index contributed by atoms with van der Waals surface area (Å²) in [6.45, 7) is 0.473. The average molecular weight is 488 g/mol. The zero-order chi connectivity index (χ0) is 19.1. The van der Waals surface area contributed by atoms with Crippen molar-refractivity contribution in [3.8, 4) is 5.75 Å². The summed E-state index contributed by atoms with van der Waals surface area (Å²) in [5, 5.41) is 4.01. The molecule has 3 aromatic rings. The first-order valence-corrected chi connectivity index (χ1v) is 9.75. The quantitative estimate of drug-likeness (QED) is 0.365. The number of nitrogens with zero attached hydrogens (tertiary/aromatic N) is 1. The number of benzene rings is 3. The van der Waals surface area contributed by atoms with E-state index in [9.17, 15) is 4.79 Å². The molecule has 0 saturated heterocycles. The molecular weight excluding hydrogens is 472 g/mol. The molecule has 1 N–H and O–H groups in total. The zero-order valence-electron chi connectivity index (χ0n) is 14.2. The summed E-state index contributed by atoms with van der Waals surface area (Å²) >= 11 is 6.79. The van der Waals surface area contributed by atoms with Crippen molar-refractivity contribution in [2.75, 3.05) is 0 Å². The Labute approximate surface area is 174 Å². The van der Waals surface area contributed by atoms with E-state index in [4.69, 9.17) is 4.74 Å². The van der Waals surface area contributed by atoms with E-state index in [0.717, 1.165) is 25.8 Å². The Bertz CT molecular complexity index is 956.